The molecule has 2 atom stereocenters. The number of amides is 1. The average Bonchev–Trinajstić information content (AvgIpc) is 2.65. The van der Waals surface area contributed by atoms with E-state index in [0.717, 1.165) is 23.9 Å². The molecule has 7 nitrogen and oxygen atoms in total. The predicted octanol–water partition coefficient (Wildman–Crippen LogP) is 3.92. The zero-order valence-corrected chi connectivity index (χ0v) is 15.7. The summed E-state index contributed by atoms with van der Waals surface area (Å²) in [7, 11) is 0. The lowest BCUT2D eigenvalue weighted by Crippen LogP contribution is -2.32. The third kappa shape index (κ3) is 5.74. The van der Waals surface area contributed by atoms with Gasteiger partial charge in [-0.25, -0.2) is 8.78 Å². The molecule has 2 rings (SSSR count). The van der Waals surface area contributed by atoms with Crippen molar-refractivity contribution in [3.05, 3.63) is 64.2 Å². The summed E-state index contributed by atoms with van der Waals surface area (Å²) < 4.78 is 31.2. The van der Waals surface area contributed by atoms with Gasteiger partial charge in [0, 0.05) is 28.8 Å². The van der Waals surface area contributed by atoms with Crippen LogP contribution in [0.25, 0.3) is 0 Å². The second-order valence-corrected chi connectivity index (χ2v) is 7.12. The molecule has 2 aromatic carbocycles. The van der Waals surface area contributed by atoms with Crippen LogP contribution in [-0.2, 0) is 14.3 Å². The molecule has 0 aliphatic carbocycles. The van der Waals surface area contributed by atoms with Gasteiger partial charge in [0.15, 0.2) is 17.7 Å². The Morgan fingerprint density at radius 3 is 2.32 bits per heavy atom. The van der Waals surface area contributed by atoms with E-state index in [1.807, 2.05) is 0 Å². The van der Waals surface area contributed by atoms with Crippen LogP contribution in [0.1, 0.15) is 13.8 Å². The highest BCUT2D eigenvalue weighted by molar-refractivity contribution is 8.00. The summed E-state index contributed by atoms with van der Waals surface area (Å²) in [6, 6.07) is 8.51. The minimum absolute atomic E-state index is 0.0279. The molecule has 0 spiro atoms. The summed E-state index contributed by atoms with van der Waals surface area (Å²) >= 11 is 1.11. The fourth-order valence-corrected chi connectivity index (χ4v) is 2.89. The minimum atomic E-state index is -1.17. The van der Waals surface area contributed by atoms with E-state index in [-0.39, 0.29) is 11.4 Å². The number of ether oxygens (including phenoxy) is 1. The van der Waals surface area contributed by atoms with Gasteiger partial charge in [0.1, 0.15) is 5.25 Å². The Hall–Kier alpha value is -3.01. The molecule has 10 heteroatoms. The first-order valence-electron chi connectivity index (χ1n) is 8.05. The lowest BCUT2D eigenvalue weighted by Gasteiger charge is -2.16. The van der Waals surface area contributed by atoms with Gasteiger partial charge in [0.05, 0.1) is 4.92 Å². The monoisotopic (exact) mass is 410 g/mol. The highest BCUT2D eigenvalue weighted by Gasteiger charge is 2.23. The normalized spacial score (nSPS) is 12.7. The van der Waals surface area contributed by atoms with E-state index in [4.69, 9.17) is 4.74 Å². The van der Waals surface area contributed by atoms with Crippen LogP contribution in [0, 0.1) is 21.7 Å². The minimum Gasteiger partial charge on any atom is -0.452 e. The number of rotatable bonds is 7. The Morgan fingerprint density at radius 2 is 1.75 bits per heavy atom. The van der Waals surface area contributed by atoms with Crippen molar-refractivity contribution in [2.75, 3.05) is 5.32 Å². The summed E-state index contributed by atoms with van der Waals surface area (Å²) in [6.45, 7) is 2.91. The quantitative estimate of drug-likeness (QED) is 0.321. The zero-order chi connectivity index (χ0) is 20.8. The fourth-order valence-electron chi connectivity index (χ4n) is 2.04. The first-order valence-corrected chi connectivity index (χ1v) is 8.93. The molecule has 0 bridgehead atoms. The van der Waals surface area contributed by atoms with Crippen molar-refractivity contribution in [3.8, 4) is 0 Å². The van der Waals surface area contributed by atoms with Gasteiger partial charge < -0.3 is 10.1 Å². The number of nitro groups is 1. The van der Waals surface area contributed by atoms with Crippen molar-refractivity contribution in [2.45, 2.75) is 30.1 Å². The van der Waals surface area contributed by atoms with Gasteiger partial charge in [-0.15, -0.1) is 11.8 Å². The average molecular weight is 410 g/mol. The van der Waals surface area contributed by atoms with E-state index in [0.29, 0.717) is 4.90 Å². The Kier molecular flexibility index (Phi) is 7.05. The number of nitro benzene ring substituents is 1. The van der Waals surface area contributed by atoms with Gasteiger partial charge in [-0.1, -0.05) is 0 Å². The van der Waals surface area contributed by atoms with Crippen LogP contribution in [-0.4, -0.2) is 28.2 Å². The molecule has 0 saturated carbocycles. The van der Waals surface area contributed by atoms with Crippen molar-refractivity contribution in [1.82, 2.24) is 0 Å². The van der Waals surface area contributed by atoms with Crippen molar-refractivity contribution >= 4 is 35.0 Å². The van der Waals surface area contributed by atoms with Gasteiger partial charge in [-0.05, 0) is 38.1 Å². The number of thioether (sulfide) groups is 1. The van der Waals surface area contributed by atoms with Crippen LogP contribution in [0.2, 0.25) is 0 Å². The molecule has 0 aliphatic rings. The first kappa shape index (κ1) is 21.3. The Bertz CT molecular complexity index is 892. The summed E-state index contributed by atoms with van der Waals surface area (Å²) in [6.07, 6.45) is -1.17. The van der Waals surface area contributed by atoms with E-state index in [9.17, 15) is 28.5 Å². The standard InChI is InChI=1S/C18H16F2N2O5S/c1-10(17(23)21-12-3-8-15(19)16(20)9-12)27-18(24)11(2)28-14-6-4-13(5-7-14)22(25)26/h3-11H,1-2H3,(H,21,23)/t10-,11-/m1/s1. The van der Waals surface area contributed by atoms with Crippen molar-refractivity contribution in [1.29, 1.82) is 0 Å². The number of nitrogens with one attached hydrogen (secondary N) is 1. The van der Waals surface area contributed by atoms with Crippen LogP contribution < -0.4 is 5.32 Å². The molecule has 1 N–H and O–H groups in total. The molecule has 2 aromatic rings. The lowest BCUT2D eigenvalue weighted by atomic mass is 10.2. The summed E-state index contributed by atoms with van der Waals surface area (Å²) in [5.74, 6) is -3.53. The molecular weight excluding hydrogens is 394 g/mol. The van der Waals surface area contributed by atoms with Crippen molar-refractivity contribution in [3.63, 3.8) is 0 Å². The van der Waals surface area contributed by atoms with Crippen LogP contribution in [0.4, 0.5) is 20.2 Å². The Morgan fingerprint density at radius 1 is 1.11 bits per heavy atom. The molecular formula is C18H16F2N2O5S. The van der Waals surface area contributed by atoms with Crippen molar-refractivity contribution < 1.29 is 28.0 Å². The summed E-state index contributed by atoms with van der Waals surface area (Å²) in [4.78, 5) is 34.9. The number of non-ortho nitro benzene ring substituents is 1. The number of carbonyl (C=O) groups excluding carboxylic acids is 2. The number of carbonyl (C=O) groups is 2. The lowest BCUT2D eigenvalue weighted by molar-refractivity contribution is -0.384. The topological polar surface area (TPSA) is 98.5 Å². The second-order valence-electron chi connectivity index (χ2n) is 5.71. The second kappa shape index (κ2) is 9.27. The highest BCUT2D eigenvalue weighted by atomic mass is 32.2. The number of hydrogen-bond donors (Lipinski definition) is 1. The number of hydrogen-bond acceptors (Lipinski definition) is 6. The van der Waals surface area contributed by atoms with Crippen LogP contribution in [0.3, 0.4) is 0 Å². The summed E-state index contributed by atoms with van der Waals surface area (Å²) in [5.41, 5.74) is -0.0396. The van der Waals surface area contributed by atoms with Crippen molar-refractivity contribution in [2.24, 2.45) is 0 Å². The van der Waals surface area contributed by atoms with Crippen LogP contribution in [0.15, 0.2) is 47.4 Å². The Labute approximate surface area is 163 Å². The van der Waals surface area contributed by atoms with Crippen LogP contribution in [0.5, 0.6) is 0 Å². The van der Waals surface area contributed by atoms with E-state index in [2.05, 4.69) is 5.32 Å². The highest BCUT2D eigenvalue weighted by Crippen LogP contribution is 2.26. The molecule has 0 saturated heterocycles. The largest absolute Gasteiger partial charge is 0.452 e. The smallest absolute Gasteiger partial charge is 0.319 e. The number of anilines is 1. The number of benzene rings is 2. The molecule has 0 aromatic heterocycles. The Balaban J connectivity index is 1.90. The molecule has 28 heavy (non-hydrogen) atoms. The predicted molar refractivity (Wildman–Crippen MR) is 99.0 cm³/mol. The maximum absolute atomic E-state index is 13.2. The number of nitrogens with zero attached hydrogens (tertiary/aromatic N) is 1. The van der Waals surface area contributed by atoms with Gasteiger partial charge in [-0.3, -0.25) is 19.7 Å². The van der Waals surface area contributed by atoms with Gasteiger partial charge in [-0.2, -0.15) is 0 Å². The maximum atomic E-state index is 13.2. The molecule has 0 radical (unpaired) electrons. The van der Waals surface area contributed by atoms with E-state index in [1.54, 1.807) is 6.92 Å². The fraction of sp³-hybridized carbons (Fsp3) is 0.222. The molecule has 0 heterocycles. The van der Waals surface area contributed by atoms with Crippen LogP contribution >= 0.6 is 11.8 Å². The SMILES string of the molecule is C[C@@H](OC(=O)[C@@H](C)Sc1ccc([N+](=O)[O-])cc1)C(=O)Nc1ccc(F)c(F)c1. The molecule has 0 unspecified atom stereocenters. The van der Waals surface area contributed by atoms with Gasteiger partial charge in [0.25, 0.3) is 11.6 Å². The molecule has 0 aliphatic heterocycles. The van der Waals surface area contributed by atoms with E-state index in [1.165, 1.54) is 37.3 Å². The summed E-state index contributed by atoms with van der Waals surface area (Å²) in [5, 5.41) is 12.3. The van der Waals surface area contributed by atoms with E-state index < -0.39 is 39.8 Å². The van der Waals surface area contributed by atoms with Gasteiger partial charge >= 0.3 is 5.97 Å². The van der Waals surface area contributed by atoms with E-state index >= 15 is 0 Å². The number of esters is 1. The first-order chi connectivity index (χ1) is 13.2. The van der Waals surface area contributed by atoms with Gasteiger partial charge in [0.2, 0.25) is 0 Å². The molecule has 1 amide bonds. The molecule has 148 valence electrons. The molecule has 0 fully saturated rings. The maximum Gasteiger partial charge on any atom is 0.319 e. The number of halogens is 2. The zero-order valence-electron chi connectivity index (χ0n) is 14.8. The third-order valence-corrected chi connectivity index (χ3v) is 4.63. The third-order valence-electron chi connectivity index (χ3n) is 3.54.